The van der Waals surface area contributed by atoms with Crippen molar-refractivity contribution in [1.29, 1.82) is 0 Å². The number of nitrogens with zero attached hydrogens (tertiary/aromatic N) is 2. The quantitative estimate of drug-likeness (QED) is 0.379. The predicted octanol–water partition coefficient (Wildman–Crippen LogP) is 6.99. The third-order valence-corrected chi connectivity index (χ3v) is 7.79. The summed E-state index contributed by atoms with van der Waals surface area (Å²) in [7, 11) is 0. The maximum absolute atomic E-state index is 6.10. The monoisotopic (exact) mass is 431 g/mol. The van der Waals surface area contributed by atoms with Crippen molar-refractivity contribution in [3.05, 3.63) is 75.1 Å². The Morgan fingerprint density at radius 3 is 2.70 bits per heavy atom. The van der Waals surface area contributed by atoms with Gasteiger partial charge in [-0.25, -0.2) is 9.97 Å². The van der Waals surface area contributed by atoms with Crippen LogP contribution in [0.2, 0.25) is 5.02 Å². The normalized spacial score (nSPS) is 17.7. The van der Waals surface area contributed by atoms with Crippen LogP contribution in [-0.4, -0.2) is 9.97 Å². The zero-order valence-electron chi connectivity index (χ0n) is 16.6. The second-order valence-electron chi connectivity index (χ2n) is 8.23. The van der Waals surface area contributed by atoms with Crippen molar-refractivity contribution in [2.75, 3.05) is 5.32 Å². The van der Waals surface area contributed by atoms with E-state index in [1.165, 1.54) is 46.2 Å². The van der Waals surface area contributed by atoms with Crippen LogP contribution in [0.25, 0.3) is 21.6 Å². The molecule has 1 N–H and O–H groups in total. The minimum absolute atomic E-state index is 0.295. The van der Waals surface area contributed by atoms with E-state index in [1.54, 1.807) is 0 Å². The number of hydrogen-bond acceptors (Lipinski definition) is 4. The first kappa shape index (κ1) is 18.3. The van der Waals surface area contributed by atoms with Crippen LogP contribution in [0.5, 0.6) is 0 Å². The van der Waals surface area contributed by atoms with Gasteiger partial charge in [0.05, 0.1) is 11.4 Å². The van der Waals surface area contributed by atoms with Crippen molar-refractivity contribution in [2.45, 2.75) is 44.6 Å². The molecule has 0 fully saturated rings. The van der Waals surface area contributed by atoms with Gasteiger partial charge in [-0.1, -0.05) is 35.9 Å². The Labute approximate surface area is 185 Å². The molecule has 2 aromatic carbocycles. The van der Waals surface area contributed by atoms with Crippen molar-refractivity contribution < 1.29 is 0 Å². The van der Waals surface area contributed by atoms with Crippen molar-refractivity contribution in [3.63, 3.8) is 0 Å². The van der Waals surface area contributed by atoms with Gasteiger partial charge in [-0.3, -0.25) is 0 Å². The smallest absolute Gasteiger partial charge is 0.163 e. The molecular formula is C25H22ClN3S. The van der Waals surface area contributed by atoms with Crippen LogP contribution < -0.4 is 5.32 Å². The summed E-state index contributed by atoms with van der Waals surface area (Å²) < 4.78 is 0. The van der Waals surface area contributed by atoms with Gasteiger partial charge >= 0.3 is 0 Å². The van der Waals surface area contributed by atoms with E-state index in [4.69, 9.17) is 21.6 Å². The summed E-state index contributed by atoms with van der Waals surface area (Å²) in [5.74, 6) is 1.76. The summed E-state index contributed by atoms with van der Waals surface area (Å²) in [6, 6.07) is 16.9. The van der Waals surface area contributed by atoms with Gasteiger partial charge in [0.1, 0.15) is 10.6 Å². The SMILES string of the molecule is Clc1ccc(-c2nc(NC3CCCc4ccccc43)c3c4c(sc3n2)CCC4)cc1. The molecule has 1 unspecified atom stereocenters. The van der Waals surface area contributed by atoms with Crippen molar-refractivity contribution in [2.24, 2.45) is 0 Å². The molecule has 2 aliphatic rings. The first-order valence-corrected chi connectivity index (χ1v) is 11.9. The predicted molar refractivity (Wildman–Crippen MR) is 126 cm³/mol. The fraction of sp³-hybridized carbons (Fsp3) is 0.280. The zero-order valence-corrected chi connectivity index (χ0v) is 18.2. The average Bonchev–Trinajstić information content (AvgIpc) is 3.35. The summed E-state index contributed by atoms with van der Waals surface area (Å²) in [6.45, 7) is 0. The fourth-order valence-corrected chi connectivity index (χ4v) is 6.28. The molecular weight excluding hydrogens is 410 g/mol. The molecule has 6 rings (SSSR count). The molecule has 0 saturated carbocycles. The summed E-state index contributed by atoms with van der Waals surface area (Å²) in [5, 5.41) is 5.82. The van der Waals surface area contributed by atoms with Crippen LogP contribution in [0.1, 0.15) is 46.9 Å². The Balaban J connectivity index is 1.49. The highest BCUT2D eigenvalue weighted by Crippen LogP contribution is 2.42. The number of aromatic nitrogens is 2. The number of anilines is 1. The van der Waals surface area contributed by atoms with Crippen LogP contribution in [0.15, 0.2) is 48.5 Å². The number of aryl methyl sites for hydroxylation is 3. The Kier molecular flexibility index (Phi) is 4.50. The molecule has 4 aromatic rings. The number of benzene rings is 2. The van der Waals surface area contributed by atoms with Gasteiger partial charge in [0, 0.05) is 15.5 Å². The van der Waals surface area contributed by atoms with Gasteiger partial charge in [-0.05, 0) is 79.5 Å². The lowest BCUT2D eigenvalue weighted by molar-refractivity contribution is 0.599. The molecule has 2 aromatic heterocycles. The molecule has 2 aliphatic carbocycles. The molecule has 2 heterocycles. The highest BCUT2D eigenvalue weighted by atomic mass is 35.5. The first-order chi connectivity index (χ1) is 14.8. The second-order valence-corrected chi connectivity index (χ2v) is 9.75. The topological polar surface area (TPSA) is 37.8 Å². The number of thiophene rings is 1. The Hall–Kier alpha value is -2.43. The fourth-order valence-electron chi connectivity index (χ4n) is 4.90. The minimum atomic E-state index is 0.295. The van der Waals surface area contributed by atoms with E-state index in [0.29, 0.717) is 6.04 Å². The molecule has 0 spiro atoms. The van der Waals surface area contributed by atoms with Crippen molar-refractivity contribution in [1.82, 2.24) is 9.97 Å². The summed E-state index contributed by atoms with van der Waals surface area (Å²) >= 11 is 7.94. The van der Waals surface area contributed by atoms with Crippen LogP contribution in [0, 0.1) is 0 Å². The number of rotatable bonds is 3. The molecule has 30 heavy (non-hydrogen) atoms. The highest BCUT2D eigenvalue weighted by Gasteiger charge is 2.26. The van der Waals surface area contributed by atoms with Crippen LogP contribution >= 0.6 is 22.9 Å². The van der Waals surface area contributed by atoms with E-state index in [2.05, 4.69) is 29.6 Å². The minimum Gasteiger partial charge on any atom is -0.363 e. The third kappa shape index (κ3) is 3.10. The van der Waals surface area contributed by atoms with E-state index < -0.39 is 0 Å². The van der Waals surface area contributed by atoms with Gasteiger partial charge < -0.3 is 5.32 Å². The molecule has 0 saturated heterocycles. The summed E-state index contributed by atoms with van der Waals surface area (Å²) in [6.07, 6.45) is 7.03. The standard InChI is InChI=1S/C25H22ClN3S/c26-17-13-11-16(12-14-17)23-28-24(22-19-8-4-10-21(19)30-25(22)29-23)27-20-9-3-6-15-5-1-2-7-18(15)20/h1-2,5,7,11-14,20H,3-4,6,8-10H2,(H,27,28,29). The third-order valence-electron chi connectivity index (χ3n) is 6.35. The molecule has 0 bridgehead atoms. The van der Waals surface area contributed by atoms with E-state index >= 15 is 0 Å². The van der Waals surface area contributed by atoms with Gasteiger partial charge in [0.25, 0.3) is 0 Å². The maximum atomic E-state index is 6.10. The van der Waals surface area contributed by atoms with Crippen LogP contribution in [0.4, 0.5) is 5.82 Å². The number of nitrogens with one attached hydrogen (secondary N) is 1. The lowest BCUT2D eigenvalue weighted by Gasteiger charge is -2.27. The molecule has 0 amide bonds. The lowest BCUT2D eigenvalue weighted by atomic mass is 9.87. The summed E-state index contributed by atoms with van der Waals surface area (Å²) in [4.78, 5) is 12.6. The summed E-state index contributed by atoms with van der Waals surface area (Å²) in [5.41, 5.74) is 5.33. The Morgan fingerprint density at radius 2 is 1.80 bits per heavy atom. The number of halogens is 1. The zero-order chi connectivity index (χ0) is 20.1. The van der Waals surface area contributed by atoms with Gasteiger partial charge in [0.15, 0.2) is 5.82 Å². The maximum Gasteiger partial charge on any atom is 0.163 e. The lowest BCUT2D eigenvalue weighted by Crippen LogP contribution is -2.18. The molecule has 0 radical (unpaired) electrons. The number of hydrogen-bond donors (Lipinski definition) is 1. The molecule has 0 aliphatic heterocycles. The Morgan fingerprint density at radius 1 is 0.933 bits per heavy atom. The average molecular weight is 432 g/mol. The van der Waals surface area contributed by atoms with Gasteiger partial charge in [0.2, 0.25) is 0 Å². The first-order valence-electron chi connectivity index (χ1n) is 10.7. The van der Waals surface area contributed by atoms with E-state index in [0.717, 1.165) is 46.3 Å². The molecule has 150 valence electrons. The van der Waals surface area contributed by atoms with Gasteiger partial charge in [-0.15, -0.1) is 11.3 Å². The molecule has 1 atom stereocenters. The van der Waals surface area contributed by atoms with Gasteiger partial charge in [-0.2, -0.15) is 0 Å². The van der Waals surface area contributed by atoms with Crippen LogP contribution in [0.3, 0.4) is 0 Å². The van der Waals surface area contributed by atoms with Crippen LogP contribution in [-0.2, 0) is 19.3 Å². The van der Waals surface area contributed by atoms with Crippen molar-refractivity contribution >= 4 is 39.0 Å². The second kappa shape index (κ2) is 7.36. The Bertz CT molecular complexity index is 1250. The largest absolute Gasteiger partial charge is 0.363 e. The van der Waals surface area contributed by atoms with Crippen molar-refractivity contribution in [3.8, 4) is 11.4 Å². The van der Waals surface area contributed by atoms with E-state index in [1.807, 2.05) is 35.6 Å². The molecule has 5 heteroatoms. The molecule has 3 nitrogen and oxygen atoms in total. The highest BCUT2D eigenvalue weighted by molar-refractivity contribution is 7.19. The van der Waals surface area contributed by atoms with E-state index in [-0.39, 0.29) is 0 Å². The van der Waals surface area contributed by atoms with E-state index in [9.17, 15) is 0 Å². The number of fused-ring (bicyclic) bond motifs is 4.